The molecule has 0 N–H and O–H groups in total. The molecule has 0 aliphatic carbocycles. The Bertz CT molecular complexity index is 3260. The van der Waals surface area contributed by atoms with Crippen molar-refractivity contribution in [2.45, 2.75) is 171 Å². The van der Waals surface area contributed by atoms with Crippen molar-refractivity contribution >= 4 is 81.2 Å². The molecule has 0 spiro atoms. The van der Waals surface area contributed by atoms with E-state index in [0.29, 0.717) is 0 Å². The van der Waals surface area contributed by atoms with Gasteiger partial charge in [0.25, 0.3) is 0 Å². The summed E-state index contributed by atoms with van der Waals surface area (Å²) in [4.78, 5) is 0. The van der Waals surface area contributed by atoms with Gasteiger partial charge in [-0.25, -0.2) is 0 Å². The maximum Gasteiger partial charge on any atom is 4.00 e. The van der Waals surface area contributed by atoms with Gasteiger partial charge in [0.2, 0.25) is 0 Å². The zero-order valence-electron chi connectivity index (χ0n) is 61.4. The molecule has 0 aliphatic heterocycles. The molecule has 12 aromatic carbocycles. The molecule has 0 amide bonds. The van der Waals surface area contributed by atoms with Gasteiger partial charge in [-0.15, -0.1) is 138 Å². The first kappa shape index (κ1) is 90.8. The van der Waals surface area contributed by atoms with Crippen LogP contribution < -0.4 is 0 Å². The molecule has 498 valence electrons. The Kier molecular flexibility index (Phi) is 52.7. The van der Waals surface area contributed by atoms with E-state index in [1.807, 2.05) is 0 Å². The van der Waals surface area contributed by atoms with Crippen LogP contribution in [-0.4, -0.2) is 38.1 Å². The number of fused-ring (bicyclic) bond motifs is 4. The zero-order valence-corrected chi connectivity index (χ0v) is 70.3. The third kappa shape index (κ3) is 34.1. The number of hydrogen-bond donors (Lipinski definition) is 0. The number of rotatable bonds is 13. The summed E-state index contributed by atoms with van der Waals surface area (Å²) < 4.78 is 0. The maximum absolute atomic E-state index is 3.60. The molecule has 0 aromatic heterocycles. The van der Waals surface area contributed by atoms with Crippen molar-refractivity contribution in [2.24, 2.45) is 0 Å². The summed E-state index contributed by atoms with van der Waals surface area (Å²) in [5, 5.41) is 10.7. The molecule has 12 rings (SSSR count). The van der Waals surface area contributed by atoms with Crippen LogP contribution in [0.3, 0.4) is 0 Å². The summed E-state index contributed by atoms with van der Waals surface area (Å²) in [6.07, 6.45) is 12.1. The largest absolute Gasteiger partial charge is 4.00 e. The van der Waals surface area contributed by atoms with E-state index >= 15 is 0 Å². The fourth-order valence-corrected chi connectivity index (χ4v) is 11.9. The molecule has 8 radical (unpaired) electrons. The van der Waals surface area contributed by atoms with E-state index in [4.69, 9.17) is 0 Å². The summed E-state index contributed by atoms with van der Waals surface area (Å²) in [6.45, 7) is 44.7. The third-order valence-electron chi connectivity index (χ3n) is 14.9. The van der Waals surface area contributed by atoms with E-state index in [1.54, 1.807) is 13.1 Å². The maximum atomic E-state index is 3.60. The van der Waals surface area contributed by atoms with Crippen molar-refractivity contribution in [3.63, 3.8) is 0 Å². The molecule has 0 heterocycles. The molecule has 0 fully saturated rings. The second-order valence-electron chi connectivity index (χ2n) is 23.9. The van der Waals surface area contributed by atoms with Crippen molar-refractivity contribution in [3.05, 3.63) is 293 Å². The summed E-state index contributed by atoms with van der Waals surface area (Å²) in [6, 6.07) is 89.3. The Balaban J connectivity index is 0.00000110. The average Bonchev–Trinajstić information content (AvgIpc) is 1.64. The molecule has 0 saturated heterocycles. The SMILES string of the molecule is C[Si].C[Si].C[Si](C)CCCC[Si](C)C.Cc1cc2c(-c3ccccc3)cccc2[cH-]1.Cc1cc2c(-c3ccccc3)cccc2[cH-]1.Cc1cc2c(-c3ccccc3)cccc2[cH-]1.Cc1cc2c(-c3ccccc3)cccc2[cH-]1.[CH2-]CCC.[CH2-]CCC.[CH2-]CCC.[CH2-]CCC.[Zr+4].[Zr+4]. The van der Waals surface area contributed by atoms with E-state index < -0.39 is 0 Å². The van der Waals surface area contributed by atoms with Crippen LogP contribution >= 0.6 is 0 Å². The van der Waals surface area contributed by atoms with Gasteiger partial charge in [0.1, 0.15) is 0 Å². The van der Waals surface area contributed by atoms with Crippen LogP contribution in [0.1, 0.15) is 114 Å². The Hall–Kier alpha value is -5.17. The minimum atomic E-state index is 0. The number of unbranched alkanes of at least 4 members (excludes halogenated alkanes) is 5. The minimum absolute atomic E-state index is 0. The first-order chi connectivity index (χ1) is 45.7. The van der Waals surface area contributed by atoms with Crippen LogP contribution in [0.2, 0.25) is 51.4 Å². The summed E-state index contributed by atoms with van der Waals surface area (Å²) in [5.41, 5.74) is 15.8. The van der Waals surface area contributed by atoms with Gasteiger partial charge in [-0.3, -0.25) is 0 Å². The smallest absolute Gasteiger partial charge is 0.343 e. The first-order valence-corrected chi connectivity index (χ1v) is 41.7. The van der Waals surface area contributed by atoms with Crippen molar-refractivity contribution < 1.29 is 52.4 Å². The molecule has 0 unspecified atom stereocenters. The molecule has 0 saturated carbocycles. The summed E-state index contributed by atoms with van der Waals surface area (Å²) in [5.74, 6) is 0. The second-order valence-corrected chi connectivity index (χ2v) is 29.7. The van der Waals surface area contributed by atoms with Crippen LogP contribution in [0, 0.1) is 55.4 Å². The Morgan fingerprint density at radius 3 is 0.625 bits per heavy atom. The fraction of sp³-hybridized carbons (Fsp3) is 0.289. The first-order valence-electron chi connectivity index (χ1n) is 34.3. The normalized spacial score (nSPS) is 9.77. The quantitative estimate of drug-likeness (QED) is 0.0613. The van der Waals surface area contributed by atoms with Gasteiger partial charge >= 0.3 is 52.4 Å². The van der Waals surface area contributed by atoms with E-state index in [-0.39, 0.29) is 70.0 Å². The average molecular weight is 1490 g/mol. The van der Waals surface area contributed by atoms with Gasteiger partial charge in [0.05, 0.1) is 0 Å². The molecule has 0 nitrogen and oxygen atoms in total. The van der Waals surface area contributed by atoms with E-state index in [9.17, 15) is 0 Å². The van der Waals surface area contributed by atoms with Gasteiger partial charge in [-0.2, -0.15) is 49.9 Å². The standard InChI is InChI=1S/4C16H13.C8H20Si2.4C4H9.2CH3Si.2Zr/c4*1-12-10-14-8-5-9-15(16(14)11-12)13-6-3-2-4-7-13;1-9(2)7-5-6-8-10(3)4;4*1-3-4-2;2*1-2;;/h4*2-11H,1H3;5-8H2,1-4H3;4*1,3-4H2,2H3;2*1H3;;/q4*-1;;4*-1;;;2*+4. The summed E-state index contributed by atoms with van der Waals surface area (Å²) >= 11 is 0. The molecular formula is C90H114Si4Zr2. The van der Waals surface area contributed by atoms with Crippen molar-refractivity contribution in [2.75, 3.05) is 0 Å². The predicted octanol–water partition coefficient (Wildman–Crippen LogP) is 28.3. The van der Waals surface area contributed by atoms with Crippen LogP contribution in [-0.2, 0) is 52.4 Å². The monoisotopic (exact) mass is 1490 g/mol. The Morgan fingerprint density at radius 2 is 0.469 bits per heavy atom. The number of benzene rings is 8. The van der Waals surface area contributed by atoms with Crippen LogP contribution in [0.25, 0.3) is 87.6 Å². The van der Waals surface area contributed by atoms with Crippen LogP contribution in [0.15, 0.2) is 243 Å². The molecule has 0 aliphatic rings. The minimum Gasteiger partial charge on any atom is -0.343 e. The molecule has 6 heteroatoms. The van der Waals surface area contributed by atoms with E-state index in [1.165, 1.54) is 160 Å². The molecule has 0 atom stereocenters. The van der Waals surface area contributed by atoms with Gasteiger partial charge in [-0.1, -0.05) is 313 Å². The third-order valence-corrected chi connectivity index (χ3v) is 17.6. The van der Waals surface area contributed by atoms with Crippen molar-refractivity contribution in [1.82, 2.24) is 0 Å². The van der Waals surface area contributed by atoms with Crippen molar-refractivity contribution in [1.29, 1.82) is 0 Å². The topological polar surface area (TPSA) is 0 Å². The van der Waals surface area contributed by atoms with Crippen LogP contribution in [0.5, 0.6) is 0 Å². The predicted molar refractivity (Wildman–Crippen MR) is 437 cm³/mol. The molecule has 12 aromatic rings. The molecular weight excluding hydrogens is 1380 g/mol. The van der Waals surface area contributed by atoms with E-state index in [2.05, 4.69) is 372 Å². The Labute approximate surface area is 635 Å². The Morgan fingerprint density at radius 1 is 0.292 bits per heavy atom. The van der Waals surface area contributed by atoms with Crippen LogP contribution in [0.4, 0.5) is 0 Å². The van der Waals surface area contributed by atoms with Crippen molar-refractivity contribution in [3.8, 4) is 44.5 Å². The summed E-state index contributed by atoms with van der Waals surface area (Å²) in [7, 11) is 6.10. The second kappa shape index (κ2) is 55.7. The van der Waals surface area contributed by atoms with Gasteiger partial charge in [-0.05, 0) is 22.3 Å². The fourth-order valence-electron chi connectivity index (χ4n) is 9.97. The van der Waals surface area contributed by atoms with Gasteiger partial charge in [0.15, 0.2) is 0 Å². The zero-order chi connectivity index (χ0) is 69.5. The van der Waals surface area contributed by atoms with Gasteiger partial charge in [0, 0.05) is 38.1 Å². The number of aryl methyl sites for hydroxylation is 4. The number of hydrogen-bond acceptors (Lipinski definition) is 0. The van der Waals surface area contributed by atoms with E-state index in [0.717, 1.165) is 25.7 Å². The molecule has 0 bridgehead atoms. The van der Waals surface area contributed by atoms with Gasteiger partial charge < -0.3 is 27.7 Å². The molecule has 96 heavy (non-hydrogen) atoms.